The van der Waals surface area contributed by atoms with Crippen LogP contribution in [0.5, 0.6) is 0 Å². The van der Waals surface area contributed by atoms with Crippen molar-refractivity contribution in [2.24, 2.45) is 0 Å². The number of fused-ring (bicyclic) bond motifs is 1. The lowest BCUT2D eigenvalue weighted by molar-refractivity contribution is -0.135. The van der Waals surface area contributed by atoms with Crippen LogP contribution in [0.15, 0.2) is 40.9 Å². The normalized spacial score (nSPS) is 11.9. The number of rotatable bonds is 6. The highest BCUT2D eigenvalue weighted by atomic mass is 35.5. The van der Waals surface area contributed by atoms with Gasteiger partial charge in [-0.3, -0.25) is 4.79 Å². The number of aryl methyl sites for hydroxylation is 1. The molecular formula is C24H23ClF3N5O2. The predicted molar refractivity (Wildman–Crippen MR) is 127 cm³/mol. The summed E-state index contributed by atoms with van der Waals surface area (Å²) in [6, 6.07) is 9.07. The number of halogens is 4. The van der Waals surface area contributed by atoms with E-state index in [1.165, 1.54) is 17.0 Å². The number of carbonyl (C=O) groups excluding carboxylic acids is 1. The van der Waals surface area contributed by atoms with Crippen LogP contribution >= 0.6 is 11.6 Å². The Balaban J connectivity index is 1.75. The SMILES string of the molecule is CCCc1cc2c(C(F)(F)F)c(N)ccc2n1Cc1noc(-c2cc(C(=O)N(C)C)ccc2Cl)n1. The molecular weight excluding hydrogens is 483 g/mol. The molecule has 7 nitrogen and oxygen atoms in total. The van der Waals surface area contributed by atoms with Gasteiger partial charge in [0.15, 0.2) is 5.82 Å². The van der Waals surface area contributed by atoms with Crippen molar-refractivity contribution in [1.29, 1.82) is 0 Å². The van der Waals surface area contributed by atoms with Gasteiger partial charge >= 0.3 is 6.18 Å². The standard InChI is InChI=1S/C24H23ClF3N5O2/c1-4-5-14-11-16-19(9-8-18(29)21(16)24(26,27)28)33(14)12-20-30-22(35-31-20)15-10-13(6-7-17(15)25)23(34)32(2)3/h6-11H,4-5,12,29H2,1-3H3. The van der Waals surface area contributed by atoms with Gasteiger partial charge in [0.25, 0.3) is 11.8 Å². The van der Waals surface area contributed by atoms with Crippen LogP contribution < -0.4 is 5.73 Å². The van der Waals surface area contributed by atoms with E-state index in [-0.39, 0.29) is 35.2 Å². The molecule has 2 aromatic heterocycles. The Hall–Kier alpha value is -3.53. The van der Waals surface area contributed by atoms with Gasteiger partial charge in [-0.2, -0.15) is 18.2 Å². The van der Waals surface area contributed by atoms with Crippen molar-refractivity contribution in [2.45, 2.75) is 32.5 Å². The molecule has 1 amide bonds. The van der Waals surface area contributed by atoms with Crippen LogP contribution in [0.25, 0.3) is 22.4 Å². The summed E-state index contributed by atoms with van der Waals surface area (Å²) in [6.07, 6.45) is -3.31. The summed E-state index contributed by atoms with van der Waals surface area (Å²) in [4.78, 5) is 18.2. The number of hydrogen-bond donors (Lipinski definition) is 1. The zero-order chi connectivity index (χ0) is 25.5. The fourth-order valence-electron chi connectivity index (χ4n) is 4.02. The Morgan fingerprint density at radius 2 is 1.94 bits per heavy atom. The Morgan fingerprint density at radius 1 is 1.20 bits per heavy atom. The summed E-state index contributed by atoms with van der Waals surface area (Å²) in [5, 5.41) is 4.36. The van der Waals surface area contributed by atoms with Crippen LogP contribution in [-0.4, -0.2) is 39.6 Å². The quantitative estimate of drug-likeness (QED) is 0.342. The van der Waals surface area contributed by atoms with E-state index >= 15 is 0 Å². The van der Waals surface area contributed by atoms with Crippen molar-refractivity contribution in [3.8, 4) is 11.5 Å². The van der Waals surface area contributed by atoms with Crippen molar-refractivity contribution < 1.29 is 22.5 Å². The van der Waals surface area contributed by atoms with Crippen molar-refractivity contribution in [2.75, 3.05) is 19.8 Å². The second-order valence-corrected chi connectivity index (χ2v) is 8.75. The summed E-state index contributed by atoms with van der Waals surface area (Å²) in [5.74, 6) is 0.137. The van der Waals surface area contributed by atoms with Crippen molar-refractivity contribution >= 4 is 34.1 Å². The number of nitrogens with zero attached hydrogens (tertiary/aromatic N) is 4. The molecule has 2 heterocycles. The monoisotopic (exact) mass is 505 g/mol. The molecule has 2 N–H and O–H groups in total. The van der Waals surface area contributed by atoms with E-state index in [4.69, 9.17) is 21.9 Å². The van der Waals surface area contributed by atoms with E-state index in [1.54, 1.807) is 42.9 Å². The first-order chi connectivity index (χ1) is 16.5. The van der Waals surface area contributed by atoms with E-state index in [0.29, 0.717) is 33.8 Å². The van der Waals surface area contributed by atoms with Gasteiger partial charge in [-0.25, -0.2) is 0 Å². The van der Waals surface area contributed by atoms with Gasteiger partial charge in [-0.1, -0.05) is 30.1 Å². The van der Waals surface area contributed by atoms with Gasteiger partial charge in [0, 0.05) is 41.9 Å². The van der Waals surface area contributed by atoms with Gasteiger partial charge in [-0.15, -0.1) is 0 Å². The zero-order valence-corrected chi connectivity index (χ0v) is 20.0. The minimum atomic E-state index is -4.59. The first-order valence-electron chi connectivity index (χ1n) is 10.8. The smallest absolute Gasteiger partial charge is 0.398 e. The maximum absolute atomic E-state index is 13.7. The number of anilines is 1. The molecule has 184 valence electrons. The molecule has 0 saturated heterocycles. The van der Waals surface area contributed by atoms with Crippen LogP contribution in [0.1, 0.15) is 40.8 Å². The first kappa shape index (κ1) is 24.6. The maximum Gasteiger partial charge on any atom is 0.419 e. The van der Waals surface area contributed by atoms with Gasteiger partial charge in [0.2, 0.25) is 0 Å². The Kier molecular flexibility index (Phi) is 6.50. The lowest BCUT2D eigenvalue weighted by Crippen LogP contribution is -2.21. The molecule has 0 fully saturated rings. The number of benzene rings is 2. The number of carbonyl (C=O) groups is 1. The largest absolute Gasteiger partial charge is 0.419 e. The lowest BCUT2D eigenvalue weighted by atomic mass is 10.1. The molecule has 4 aromatic rings. The molecule has 2 aromatic carbocycles. The van der Waals surface area contributed by atoms with E-state index in [2.05, 4.69) is 10.1 Å². The van der Waals surface area contributed by atoms with Crippen LogP contribution in [-0.2, 0) is 19.1 Å². The molecule has 0 aliphatic carbocycles. The molecule has 0 atom stereocenters. The topological polar surface area (TPSA) is 90.2 Å². The highest BCUT2D eigenvalue weighted by Crippen LogP contribution is 2.40. The van der Waals surface area contributed by atoms with Crippen LogP contribution in [0.2, 0.25) is 5.02 Å². The third kappa shape index (κ3) is 4.70. The summed E-state index contributed by atoms with van der Waals surface area (Å²) in [7, 11) is 3.27. The maximum atomic E-state index is 13.7. The molecule has 0 radical (unpaired) electrons. The van der Waals surface area contributed by atoms with E-state index in [0.717, 1.165) is 6.42 Å². The summed E-state index contributed by atoms with van der Waals surface area (Å²) in [6.45, 7) is 2.02. The van der Waals surface area contributed by atoms with E-state index < -0.39 is 11.7 Å². The molecule has 0 spiro atoms. The second-order valence-electron chi connectivity index (χ2n) is 8.34. The van der Waals surface area contributed by atoms with Crippen LogP contribution in [0.4, 0.5) is 18.9 Å². The minimum Gasteiger partial charge on any atom is -0.398 e. The Morgan fingerprint density at radius 3 is 2.60 bits per heavy atom. The average molecular weight is 506 g/mol. The number of amides is 1. The minimum absolute atomic E-state index is 0.0302. The highest BCUT2D eigenvalue weighted by Gasteiger charge is 2.36. The molecule has 0 saturated carbocycles. The number of aromatic nitrogens is 3. The number of hydrogen-bond acceptors (Lipinski definition) is 5. The van der Waals surface area contributed by atoms with Crippen LogP contribution in [0.3, 0.4) is 0 Å². The van der Waals surface area contributed by atoms with Crippen molar-refractivity contribution in [3.05, 3.63) is 64.1 Å². The lowest BCUT2D eigenvalue weighted by Gasteiger charge is -2.12. The number of alkyl halides is 3. The number of nitrogens with two attached hydrogens (primary N) is 1. The Labute approximate surface area is 204 Å². The fraction of sp³-hybridized carbons (Fsp3) is 0.292. The third-order valence-corrected chi connectivity index (χ3v) is 5.94. The van der Waals surface area contributed by atoms with Gasteiger partial charge < -0.3 is 19.7 Å². The van der Waals surface area contributed by atoms with Crippen molar-refractivity contribution in [3.63, 3.8) is 0 Å². The molecule has 4 rings (SSSR count). The van der Waals surface area contributed by atoms with Gasteiger partial charge in [0.05, 0.1) is 22.7 Å². The van der Waals surface area contributed by atoms with E-state index in [1.807, 2.05) is 6.92 Å². The van der Waals surface area contributed by atoms with Gasteiger partial charge in [0.1, 0.15) is 0 Å². The second kappa shape index (κ2) is 9.26. The third-order valence-electron chi connectivity index (χ3n) is 5.61. The fourth-order valence-corrected chi connectivity index (χ4v) is 4.22. The predicted octanol–water partition coefficient (Wildman–Crippen LogP) is 5.65. The summed E-state index contributed by atoms with van der Waals surface area (Å²) < 4.78 is 48.3. The van der Waals surface area contributed by atoms with Crippen molar-refractivity contribution in [1.82, 2.24) is 19.6 Å². The van der Waals surface area contributed by atoms with Gasteiger partial charge in [-0.05, 0) is 42.8 Å². The molecule has 0 aliphatic rings. The first-order valence-corrected chi connectivity index (χ1v) is 11.2. The van der Waals surface area contributed by atoms with E-state index in [9.17, 15) is 18.0 Å². The Bertz CT molecular complexity index is 1410. The molecule has 0 unspecified atom stereocenters. The number of nitrogen functional groups attached to an aromatic ring is 1. The zero-order valence-electron chi connectivity index (χ0n) is 19.3. The van der Waals surface area contributed by atoms with Crippen LogP contribution in [0, 0.1) is 0 Å². The molecule has 11 heteroatoms. The summed E-state index contributed by atoms with van der Waals surface area (Å²) >= 11 is 6.31. The molecule has 35 heavy (non-hydrogen) atoms. The summed E-state index contributed by atoms with van der Waals surface area (Å²) in [5.41, 5.74) is 6.36. The molecule has 0 bridgehead atoms. The highest BCUT2D eigenvalue weighted by molar-refractivity contribution is 6.33. The average Bonchev–Trinajstić information content (AvgIpc) is 3.38. The molecule has 0 aliphatic heterocycles.